The van der Waals surface area contributed by atoms with Gasteiger partial charge in [0.1, 0.15) is 21.9 Å². The van der Waals surface area contributed by atoms with Crippen LogP contribution in [0.1, 0.15) is 168 Å². The third-order valence-electron chi connectivity index (χ3n) is 20.3. The zero-order chi connectivity index (χ0) is 46.1. The molecule has 0 amide bonds. The summed E-state index contributed by atoms with van der Waals surface area (Å²) in [5, 5.41) is 15.5. The van der Waals surface area contributed by atoms with E-state index in [1.807, 2.05) is 25.1 Å². The minimum Gasteiger partial charge on any atom is -0.465 e. The third-order valence-corrected chi connectivity index (χ3v) is 22.0. The first kappa shape index (κ1) is 47.7. The molecular weight excluding hydrogens is 819 g/mol. The maximum absolute atomic E-state index is 13.6. The highest BCUT2D eigenvalue weighted by molar-refractivity contribution is 7.91. The van der Waals surface area contributed by atoms with Crippen LogP contribution in [0.4, 0.5) is 0 Å². The molecule has 0 heterocycles. The van der Waals surface area contributed by atoms with Crippen LogP contribution in [-0.2, 0) is 24.1 Å². The van der Waals surface area contributed by atoms with E-state index in [0.29, 0.717) is 80.1 Å². The Morgan fingerprint density at radius 1 is 0.828 bits per heavy atom. The van der Waals surface area contributed by atoms with Crippen LogP contribution in [0, 0.1) is 56.7 Å². The molecule has 0 saturated heterocycles. The highest BCUT2D eigenvalue weighted by Crippen LogP contribution is 2.76. The molecule has 354 valence electrons. The average Bonchev–Trinajstić information content (AvgIpc) is 3.63. The van der Waals surface area contributed by atoms with Gasteiger partial charge >= 0.3 is 11.9 Å². The van der Waals surface area contributed by atoms with E-state index >= 15 is 0 Å². The summed E-state index contributed by atoms with van der Waals surface area (Å²) in [6, 6.07) is 8.99. The van der Waals surface area contributed by atoms with Crippen molar-refractivity contribution in [2.75, 3.05) is 26.0 Å². The number of hydrogen-bond donors (Lipinski definition) is 2. The molecular formula is C55H81NO7S. The van der Waals surface area contributed by atoms with Gasteiger partial charge < -0.3 is 19.9 Å². The van der Waals surface area contributed by atoms with Crippen molar-refractivity contribution in [2.24, 2.45) is 56.7 Å². The Morgan fingerprint density at radius 3 is 2.19 bits per heavy atom. The summed E-state index contributed by atoms with van der Waals surface area (Å²) in [5.41, 5.74) is 3.54. The van der Waals surface area contributed by atoms with E-state index in [4.69, 9.17) is 9.47 Å². The monoisotopic (exact) mass is 900 g/mol. The van der Waals surface area contributed by atoms with E-state index in [9.17, 15) is 23.1 Å². The van der Waals surface area contributed by atoms with Crippen molar-refractivity contribution in [3.8, 4) is 0 Å². The maximum Gasteiger partial charge on any atom is 0.338 e. The fraction of sp³-hybridized carbons (Fsp3) is 0.745. The molecule has 7 aliphatic carbocycles. The molecule has 10 atom stereocenters. The number of hydrogen-bond acceptors (Lipinski definition) is 8. The second kappa shape index (κ2) is 17.1. The summed E-state index contributed by atoms with van der Waals surface area (Å²) in [6.07, 6.45) is 21.7. The molecule has 1 aromatic carbocycles. The summed E-state index contributed by atoms with van der Waals surface area (Å²) >= 11 is 0. The second-order valence-corrected chi connectivity index (χ2v) is 26.0. The molecule has 0 aliphatic heterocycles. The Labute approximate surface area is 386 Å². The van der Waals surface area contributed by atoms with Crippen molar-refractivity contribution in [1.29, 1.82) is 0 Å². The first-order chi connectivity index (χ1) is 30.1. The Morgan fingerprint density at radius 2 is 1.55 bits per heavy atom. The molecule has 0 bridgehead atoms. The summed E-state index contributed by atoms with van der Waals surface area (Å²) in [6.45, 7) is 22.8. The summed E-state index contributed by atoms with van der Waals surface area (Å²) in [7, 11) is -3.08. The van der Waals surface area contributed by atoms with Gasteiger partial charge in [-0.3, -0.25) is 4.79 Å². The van der Waals surface area contributed by atoms with Crippen molar-refractivity contribution in [2.45, 2.75) is 174 Å². The number of nitrogens with one attached hydrogen (secondary N) is 1. The van der Waals surface area contributed by atoms with Crippen LogP contribution < -0.4 is 5.32 Å². The van der Waals surface area contributed by atoms with Crippen LogP contribution in [0.15, 0.2) is 65.8 Å². The van der Waals surface area contributed by atoms with Gasteiger partial charge in [0.25, 0.3) is 0 Å². The number of esters is 2. The van der Waals surface area contributed by atoms with E-state index < -0.39 is 26.8 Å². The van der Waals surface area contributed by atoms with Crippen LogP contribution in [0.3, 0.4) is 0 Å². The Balaban J connectivity index is 0.997. The standard InChI is InChI=1S/C55H81NO7S/c1-10-62-48(58)53(36-63-47(57)39-14-12-11-13-15-39)27-18-38(19-28-53)42-23-25-50(6)44(49(42,4)5)24-26-52(8)45(50)17-16-43-46-41(37(2)3)22-31-55(46,33-32-51(43,52)7)56-35-34-54(59)29-20-40(21-30-54)64(9,60)61/h11-15,18,23,40-41,43-46,56,59H,2,10,16-17,19-22,24-36H2,1,3-9H3/t40-,41-,43+,44-,45+,46+,50-,51+,52+,53+,54+,55-/m0/s1. The second-order valence-electron chi connectivity index (χ2n) is 23.7. The number of carbonyl (C=O) groups is 2. The lowest BCUT2D eigenvalue weighted by molar-refractivity contribution is -0.221. The van der Waals surface area contributed by atoms with E-state index in [1.165, 1.54) is 61.5 Å². The molecule has 5 fully saturated rings. The molecule has 7 aliphatic rings. The lowest BCUT2D eigenvalue weighted by Crippen LogP contribution is -2.68. The van der Waals surface area contributed by atoms with Gasteiger partial charge in [0, 0.05) is 11.8 Å². The maximum atomic E-state index is 13.6. The Hall–Kier alpha value is -2.75. The number of carbonyl (C=O) groups excluding carboxylic acids is 2. The molecule has 5 saturated carbocycles. The van der Waals surface area contributed by atoms with Gasteiger partial charge in [-0.25, -0.2) is 13.2 Å². The lowest BCUT2D eigenvalue weighted by atomic mass is 9.33. The van der Waals surface area contributed by atoms with Crippen molar-refractivity contribution in [1.82, 2.24) is 5.32 Å². The normalized spacial score (nSPS) is 41.5. The minimum absolute atomic E-state index is 0.0103. The summed E-state index contributed by atoms with van der Waals surface area (Å²) in [4.78, 5) is 26.6. The molecule has 0 radical (unpaired) electrons. The molecule has 1 aromatic rings. The number of rotatable bonds is 12. The van der Waals surface area contributed by atoms with Crippen LogP contribution in [-0.4, -0.2) is 67.9 Å². The zero-order valence-electron chi connectivity index (χ0n) is 40.7. The lowest BCUT2D eigenvalue weighted by Gasteiger charge is -2.72. The topological polar surface area (TPSA) is 119 Å². The van der Waals surface area contributed by atoms with Crippen molar-refractivity contribution < 1.29 is 32.6 Å². The fourth-order valence-corrected chi connectivity index (χ4v) is 17.7. The summed E-state index contributed by atoms with van der Waals surface area (Å²) < 4.78 is 36.0. The first-order valence-corrected chi connectivity index (χ1v) is 27.1. The highest BCUT2D eigenvalue weighted by atomic mass is 32.2. The quantitative estimate of drug-likeness (QED) is 0.157. The largest absolute Gasteiger partial charge is 0.465 e. The molecule has 8 rings (SSSR count). The summed E-state index contributed by atoms with van der Waals surface area (Å²) in [5.74, 6) is 2.10. The van der Waals surface area contributed by atoms with Gasteiger partial charge in [-0.1, -0.05) is 77.1 Å². The first-order valence-electron chi connectivity index (χ1n) is 25.2. The van der Waals surface area contributed by atoms with Crippen LogP contribution in [0.5, 0.6) is 0 Å². The van der Waals surface area contributed by atoms with Crippen molar-refractivity contribution in [3.05, 3.63) is 71.3 Å². The Bertz CT molecular complexity index is 2140. The number of sulfone groups is 1. The molecule has 0 spiro atoms. The molecule has 2 N–H and O–H groups in total. The van der Waals surface area contributed by atoms with Crippen molar-refractivity contribution in [3.63, 3.8) is 0 Å². The van der Waals surface area contributed by atoms with Gasteiger partial charge in [-0.2, -0.15) is 0 Å². The predicted octanol–water partition coefficient (Wildman–Crippen LogP) is 11.1. The fourth-order valence-electron chi connectivity index (χ4n) is 16.6. The van der Waals surface area contributed by atoms with Gasteiger partial charge in [0.05, 0.1) is 23.0 Å². The van der Waals surface area contributed by atoms with Crippen LogP contribution >= 0.6 is 0 Å². The number of ether oxygens (including phenoxy) is 2. The number of benzene rings is 1. The number of aliphatic hydroxyl groups is 1. The van der Waals surface area contributed by atoms with Gasteiger partial charge in [0.2, 0.25) is 0 Å². The molecule has 9 heteroatoms. The Kier molecular flexibility index (Phi) is 12.7. The van der Waals surface area contributed by atoms with E-state index in [-0.39, 0.29) is 51.6 Å². The van der Waals surface area contributed by atoms with E-state index in [2.05, 4.69) is 65.6 Å². The van der Waals surface area contributed by atoms with Gasteiger partial charge in [-0.05, 0) is 204 Å². The predicted molar refractivity (Wildman–Crippen MR) is 255 cm³/mol. The molecule has 64 heavy (non-hydrogen) atoms. The van der Waals surface area contributed by atoms with Gasteiger partial charge in [0.15, 0.2) is 0 Å². The molecule has 0 unspecified atom stereocenters. The highest BCUT2D eigenvalue weighted by Gasteiger charge is 2.70. The van der Waals surface area contributed by atoms with Gasteiger partial charge in [-0.15, -0.1) is 0 Å². The van der Waals surface area contributed by atoms with Crippen LogP contribution in [0.2, 0.25) is 0 Å². The SMILES string of the molecule is C=C(C)[C@@H]1CC[C@]2(NCC[C@]3(O)CC[C@@H](S(C)(=O)=O)CC3)CC[C@]3(C)[C@H](CC[C@@H]4[C@@]5(C)CC=C(C6=CC[C@@](COC(=O)c7ccccc7)(C(=O)OCC)CC6)C(C)(C)[C@@H]5CC[C@]43C)[C@@H]12. The molecule has 0 aromatic heterocycles. The van der Waals surface area contributed by atoms with Crippen molar-refractivity contribution >= 4 is 21.8 Å². The number of allylic oxidation sites excluding steroid dienone is 5. The van der Waals surface area contributed by atoms with E-state index in [1.54, 1.807) is 12.1 Å². The zero-order valence-corrected chi connectivity index (χ0v) is 41.5. The van der Waals surface area contributed by atoms with Crippen LogP contribution in [0.25, 0.3) is 0 Å². The minimum atomic E-state index is -3.08. The van der Waals surface area contributed by atoms with E-state index in [0.717, 1.165) is 32.2 Å². The third kappa shape index (κ3) is 7.93. The smallest absolute Gasteiger partial charge is 0.338 e. The number of fused-ring (bicyclic) bond motifs is 7. The average molecular weight is 900 g/mol. The molecule has 8 nitrogen and oxygen atoms in total.